The minimum Gasteiger partial charge on any atom is -0.354 e. The molecular formula is C12H20N4O. The molecule has 2 saturated heterocycles. The highest BCUT2D eigenvalue weighted by Crippen LogP contribution is 2.25. The minimum atomic E-state index is 0.0489. The molecule has 17 heavy (non-hydrogen) atoms. The third-order valence-corrected chi connectivity index (χ3v) is 3.70. The largest absolute Gasteiger partial charge is 0.354 e. The van der Waals surface area contributed by atoms with E-state index in [9.17, 15) is 4.79 Å². The monoisotopic (exact) mass is 236 g/mol. The van der Waals surface area contributed by atoms with Crippen LogP contribution in [0, 0.1) is 17.2 Å². The summed E-state index contributed by atoms with van der Waals surface area (Å²) in [5, 5.41) is 14.6. The van der Waals surface area contributed by atoms with Crippen molar-refractivity contribution in [2.45, 2.75) is 25.3 Å². The van der Waals surface area contributed by atoms with Crippen molar-refractivity contribution in [3.63, 3.8) is 0 Å². The van der Waals surface area contributed by atoms with Gasteiger partial charge in [0.1, 0.15) is 0 Å². The molecule has 2 aliphatic heterocycles. The Balaban J connectivity index is 1.77. The summed E-state index contributed by atoms with van der Waals surface area (Å²) in [5.74, 6) is 0.767. The summed E-state index contributed by atoms with van der Waals surface area (Å²) in [6.07, 6.45) is 2.86. The maximum atomic E-state index is 11.7. The zero-order valence-electron chi connectivity index (χ0n) is 10.1. The number of amides is 1. The molecule has 0 aromatic carbocycles. The third-order valence-electron chi connectivity index (χ3n) is 3.70. The first-order valence-corrected chi connectivity index (χ1v) is 6.39. The lowest BCUT2D eigenvalue weighted by Gasteiger charge is -2.36. The summed E-state index contributed by atoms with van der Waals surface area (Å²) in [7, 11) is 0. The molecule has 0 aromatic rings. The number of likely N-dealkylation sites (tertiary alicyclic amines) is 1. The van der Waals surface area contributed by atoms with E-state index < -0.39 is 0 Å². The van der Waals surface area contributed by atoms with Gasteiger partial charge in [-0.2, -0.15) is 5.26 Å². The Hall–Kier alpha value is -1.12. The van der Waals surface area contributed by atoms with Gasteiger partial charge in [0.05, 0.1) is 19.0 Å². The predicted octanol–water partition coefficient (Wildman–Crippen LogP) is -0.300. The number of hydrogen-bond acceptors (Lipinski definition) is 4. The standard InChI is InChI=1S/C12H20N4O/c13-4-2-5-15-12(17)9-16-6-1-3-10-7-14-8-11(10)16/h10-11,14H,1-3,5-9H2,(H,15,17). The van der Waals surface area contributed by atoms with E-state index in [-0.39, 0.29) is 5.91 Å². The molecule has 2 aliphatic rings. The highest BCUT2D eigenvalue weighted by molar-refractivity contribution is 5.78. The van der Waals surface area contributed by atoms with E-state index in [0.717, 1.165) is 25.6 Å². The highest BCUT2D eigenvalue weighted by Gasteiger charge is 2.35. The van der Waals surface area contributed by atoms with Gasteiger partial charge in [0.25, 0.3) is 0 Å². The first kappa shape index (κ1) is 12.3. The van der Waals surface area contributed by atoms with Crippen LogP contribution in [0.1, 0.15) is 19.3 Å². The second kappa shape index (κ2) is 5.99. The van der Waals surface area contributed by atoms with Crippen LogP contribution in [0.25, 0.3) is 0 Å². The number of carbonyl (C=O) groups excluding carboxylic acids is 1. The van der Waals surface area contributed by atoms with Crippen molar-refractivity contribution in [2.75, 3.05) is 32.7 Å². The third kappa shape index (κ3) is 3.18. The van der Waals surface area contributed by atoms with Gasteiger partial charge in [-0.15, -0.1) is 0 Å². The molecule has 2 unspecified atom stereocenters. The number of nitriles is 1. The molecule has 0 aromatic heterocycles. The molecule has 5 heteroatoms. The second-order valence-electron chi connectivity index (χ2n) is 4.86. The Labute approximate surface area is 102 Å². The quantitative estimate of drug-likeness (QED) is 0.658. The summed E-state index contributed by atoms with van der Waals surface area (Å²) in [6.45, 7) is 4.08. The highest BCUT2D eigenvalue weighted by atomic mass is 16.2. The van der Waals surface area contributed by atoms with Crippen LogP contribution < -0.4 is 10.6 Å². The molecule has 0 radical (unpaired) electrons. The molecule has 5 nitrogen and oxygen atoms in total. The fourth-order valence-electron chi connectivity index (χ4n) is 2.86. The Morgan fingerprint density at radius 2 is 2.41 bits per heavy atom. The number of nitrogens with one attached hydrogen (secondary N) is 2. The first-order valence-electron chi connectivity index (χ1n) is 6.39. The molecule has 0 saturated carbocycles. The maximum absolute atomic E-state index is 11.7. The van der Waals surface area contributed by atoms with Crippen LogP contribution in [-0.4, -0.2) is 49.6 Å². The van der Waals surface area contributed by atoms with Crippen molar-refractivity contribution in [1.29, 1.82) is 5.26 Å². The van der Waals surface area contributed by atoms with Crippen molar-refractivity contribution in [2.24, 2.45) is 5.92 Å². The molecule has 0 bridgehead atoms. The van der Waals surface area contributed by atoms with Crippen molar-refractivity contribution < 1.29 is 4.79 Å². The molecule has 0 aliphatic carbocycles. The van der Waals surface area contributed by atoms with Crippen molar-refractivity contribution in [1.82, 2.24) is 15.5 Å². The fourth-order valence-corrected chi connectivity index (χ4v) is 2.86. The van der Waals surface area contributed by atoms with Gasteiger partial charge in [-0.3, -0.25) is 9.69 Å². The summed E-state index contributed by atoms with van der Waals surface area (Å²) in [4.78, 5) is 14.0. The first-order chi connectivity index (χ1) is 8.31. The van der Waals surface area contributed by atoms with Gasteiger partial charge in [-0.25, -0.2) is 0 Å². The molecule has 0 spiro atoms. The Morgan fingerprint density at radius 1 is 1.53 bits per heavy atom. The molecular weight excluding hydrogens is 216 g/mol. The van der Waals surface area contributed by atoms with Gasteiger partial charge >= 0.3 is 0 Å². The van der Waals surface area contributed by atoms with Gasteiger partial charge in [0.2, 0.25) is 5.91 Å². The normalized spacial score (nSPS) is 28.4. The number of nitrogens with zero attached hydrogens (tertiary/aromatic N) is 2. The number of carbonyl (C=O) groups is 1. The van der Waals surface area contributed by atoms with E-state index in [0.29, 0.717) is 25.6 Å². The summed E-state index contributed by atoms with van der Waals surface area (Å²) < 4.78 is 0. The van der Waals surface area contributed by atoms with E-state index in [4.69, 9.17) is 5.26 Å². The summed E-state index contributed by atoms with van der Waals surface area (Å²) in [6, 6.07) is 2.56. The predicted molar refractivity (Wildman–Crippen MR) is 64.2 cm³/mol. The Morgan fingerprint density at radius 3 is 3.24 bits per heavy atom. The average Bonchev–Trinajstić information content (AvgIpc) is 2.78. The zero-order valence-corrected chi connectivity index (χ0v) is 10.1. The SMILES string of the molecule is N#CCCNC(=O)CN1CCCC2CNCC21. The van der Waals surface area contributed by atoms with Crippen LogP contribution in [0.2, 0.25) is 0 Å². The molecule has 1 amide bonds. The summed E-state index contributed by atoms with van der Waals surface area (Å²) >= 11 is 0. The number of piperidine rings is 1. The summed E-state index contributed by atoms with van der Waals surface area (Å²) in [5.41, 5.74) is 0. The van der Waals surface area contributed by atoms with Gasteiger partial charge < -0.3 is 10.6 Å². The van der Waals surface area contributed by atoms with Gasteiger partial charge in [0, 0.05) is 19.1 Å². The molecule has 2 fully saturated rings. The van der Waals surface area contributed by atoms with Crippen molar-refractivity contribution in [3.8, 4) is 6.07 Å². The number of fused-ring (bicyclic) bond motifs is 1. The molecule has 2 atom stereocenters. The fraction of sp³-hybridized carbons (Fsp3) is 0.833. The van der Waals surface area contributed by atoms with Gasteiger partial charge in [-0.1, -0.05) is 0 Å². The maximum Gasteiger partial charge on any atom is 0.234 e. The van der Waals surface area contributed by atoms with Crippen molar-refractivity contribution >= 4 is 5.91 Å². The Bertz CT molecular complexity index is 312. The zero-order chi connectivity index (χ0) is 12.1. The van der Waals surface area contributed by atoms with E-state index in [1.54, 1.807) is 0 Å². The lowest BCUT2D eigenvalue weighted by molar-refractivity contribution is -0.123. The molecule has 2 rings (SSSR count). The van der Waals surface area contributed by atoms with Crippen LogP contribution in [0.4, 0.5) is 0 Å². The van der Waals surface area contributed by atoms with E-state index >= 15 is 0 Å². The van der Waals surface area contributed by atoms with Gasteiger partial charge in [-0.05, 0) is 31.8 Å². The molecule has 94 valence electrons. The second-order valence-corrected chi connectivity index (χ2v) is 4.86. The van der Waals surface area contributed by atoms with Crippen molar-refractivity contribution in [3.05, 3.63) is 0 Å². The van der Waals surface area contributed by atoms with Crippen LogP contribution >= 0.6 is 0 Å². The van der Waals surface area contributed by atoms with Crippen LogP contribution in [0.5, 0.6) is 0 Å². The van der Waals surface area contributed by atoms with Crippen LogP contribution in [0.3, 0.4) is 0 Å². The van der Waals surface area contributed by atoms with Crippen LogP contribution in [-0.2, 0) is 4.79 Å². The smallest absolute Gasteiger partial charge is 0.234 e. The van der Waals surface area contributed by atoms with Gasteiger partial charge in [0.15, 0.2) is 0 Å². The van der Waals surface area contributed by atoms with Crippen LogP contribution in [0.15, 0.2) is 0 Å². The van der Waals surface area contributed by atoms with E-state index in [1.165, 1.54) is 12.8 Å². The lowest BCUT2D eigenvalue weighted by Crippen LogP contribution is -2.49. The minimum absolute atomic E-state index is 0.0489. The molecule has 2 heterocycles. The topological polar surface area (TPSA) is 68.2 Å². The Kier molecular flexibility index (Phi) is 4.35. The lowest BCUT2D eigenvalue weighted by atomic mass is 9.92. The number of rotatable bonds is 4. The van der Waals surface area contributed by atoms with E-state index in [2.05, 4.69) is 15.5 Å². The molecule has 2 N–H and O–H groups in total. The van der Waals surface area contributed by atoms with E-state index in [1.807, 2.05) is 6.07 Å². The number of hydrogen-bond donors (Lipinski definition) is 2. The average molecular weight is 236 g/mol.